The Bertz CT molecular complexity index is 179. The first-order valence-corrected chi connectivity index (χ1v) is 3.93. The van der Waals surface area contributed by atoms with Crippen molar-refractivity contribution in [3.05, 3.63) is 0 Å². The highest BCUT2D eigenvalue weighted by Gasteiger charge is 2.32. The SMILES string of the molecule is CC1CN(CC2CO2)C(=O)N1. The number of nitrogens with one attached hydrogen (secondary N) is 1. The van der Waals surface area contributed by atoms with Gasteiger partial charge in [-0.2, -0.15) is 0 Å². The van der Waals surface area contributed by atoms with Gasteiger partial charge >= 0.3 is 6.03 Å². The number of hydrogen-bond donors (Lipinski definition) is 1. The minimum atomic E-state index is 0.0491. The average molecular weight is 156 g/mol. The zero-order valence-corrected chi connectivity index (χ0v) is 6.54. The third-order valence-corrected chi connectivity index (χ3v) is 1.98. The van der Waals surface area contributed by atoms with E-state index in [1.165, 1.54) is 0 Å². The Morgan fingerprint density at radius 2 is 2.55 bits per heavy atom. The molecule has 2 amide bonds. The molecule has 2 heterocycles. The molecule has 2 aliphatic rings. The van der Waals surface area contributed by atoms with Crippen LogP contribution in [0.2, 0.25) is 0 Å². The summed E-state index contributed by atoms with van der Waals surface area (Å²) in [6.45, 7) is 4.40. The van der Waals surface area contributed by atoms with Gasteiger partial charge in [-0.15, -0.1) is 0 Å². The van der Waals surface area contributed by atoms with Crippen LogP contribution >= 0.6 is 0 Å². The fourth-order valence-electron chi connectivity index (χ4n) is 1.34. The normalized spacial score (nSPS) is 35.7. The summed E-state index contributed by atoms with van der Waals surface area (Å²) >= 11 is 0. The second-order valence-corrected chi connectivity index (χ2v) is 3.21. The predicted octanol–water partition coefficient (Wildman–Crippen LogP) is -0.201. The van der Waals surface area contributed by atoms with E-state index in [1.54, 1.807) is 0 Å². The van der Waals surface area contributed by atoms with Gasteiger partial charge in [0.25, 0.3) is 0 Å². The van der Waals surface area contributed by atoms with E-state index in [1.807, 2.05) is 11.8 Å². The monoisotopic (exact) mass is 156 g/mol. The standard InChI is InChI=1S/C7H12N2O2/c1-5-2-9(7(10)8-5)3-6-4-11-6/h5-6H,2-4H2,1H3,(H,8,10). The van der Waals surface area contributed by atoms with Crippen molar-refractivity contribution in [2.24, 2.45) is 0 Å². The summed E-state index contributed by atoms with van der Waals surface area (Å²) in [7, 11) is 0. The Hall–Kier alpha value is -0.770. The molecule has 2 unspecified atom stereocenters. The predicted molar refractivity (Wildman–Crippen MR) is 39.3 cm³/mol. The van der Waals surface area contributed by atoms with Gasteiger partial charge < -0.3 is 15.0 Å². The second-order valence-electron chi connectivity index (χ2n) is 3.21. The lowest BCUT2D eigenvalue weighted by atomic mass is 10.3. The lowest BCUT2D eigenvalue weighted by Crippen LogP contribution is -2.31. The highest BCUT2D eigenvalue weighted by Crippen LogP contribution is 2.13. The summed E-state index contributed by atoms with van der Waals surface area (Å²) in [5.74, 6) is 0. The summed E-state index contributed by atoms with van der Waals surface area (Å²) in [5, 5.41) is 2.83. The Morgan fingerprint density at radius 1 is 1.82 bits per heavy atom. The quantitative estimate of drug-likeness (QED) is 0.563. The third kappa shape index (κ3) is 1.45. The Kier molecular flexibility index (Phi) is 1.49. The minimum Gasteiger partial charge on any atom is -0.371 e. The largest absolute Gasteiger partial charge is 0.371 e. The van der Waals surface area contributed by atoms with E-state index in [-0.39, 0.29) is 6.03 Å². The molecule has 0 aliphatic carbocycles. The van der Waals surface area contributed by atoms with E-state index in [4.69, 9.17) is 4.74 Å². The molecule has 4 heteroatoms. The van der Waals surface area contributed by atoms with Gasteiger partial charge in [-0.1, -0.05) is 0 Å². The number of ether oxygens (including phenoxy) is 1. The van der Waals surface area contributed by atoms with E-state index in [0.717, 1.165) is 19.7 Å². The van der Waals surface area contributed by atoms with Gasteiger partial charge in [-0.3, -0.25) is 0 Å². The van der Waals surface area contributed by atoms with Crippen LogP contribution in [0.4, 0.5) is 4.79 Å². The van der Waals surface area contributed by atoms with Crippen LogP contribution in [0.15, 0.2) is 0 Å². The zero-order chi connectivity index (χ0) is 7.84. The molecule has 4 nitrogen and oxygen atoms in total. The van der Waals surface area contributed by atoms with Crippen LogP contribution in [0, 0.1) is 0 Å². The van der Waals surface area contributed by atoms with Crippen molar-refractivity contribution in [1.29, 1.82) is 0 Å². The van der Waals surface area contributed by atoms with Gasteiger partial charge in [-0.05, 0) is 6.92 Å². The number of urea groups is 1. The van der Waals surface area contributed by atoms with E-state index in [0.29, 0.717) is 12.1 Å². The molecule has 0 aromatic rings. The van der Waals surface area contributed by atoms with Crippen molar-refractivity contribution in [3.63, 3.8) is 0 Å². The van der Waals surface area contributed by atoms with Crippen molar-refractivity contribution in [2.45, 2.75) is 19.1 Å². The van der Waals surface area contributed by atoms with Gasteiger partial charge in [0.1, 0.15) is 0 Å². The maximum absolute atomic E-state index is 11.1. The van der Waals surface area contributed by atoms with Crippen LogP contribution in [0.3, 0.4) is 0 Å². The molecular formula is C7H12N2O2. The zero-order valence-electron chi connectivity index (χ0n) is 6.54. The topological polar surface area (TPSA) is 44.9 Å². The summed E-state index contributed by atoms with van der Waals surface area (Å²) in [5.41, 5.74) is 0. The Morgan fingerprint density at radius 3 is 3.00 bits per heavy atom. The van der Waals surface area contributed by atoms with Crippen molar-refractivity contribution in [2.75, 3.05) is 19.7 Å². The first-order chi connectivity index (χ1) is 5.25. The van der Waals surface area contributed by atoms with Crippen LogP contribution in [-0.2, 0) is 4.74 Å². The summed E-state index contributed by atoms with van der Waals surface area (Å²) in [4.78, 5) is 12.9. The van der Waals surface area contributed by atoms with Gasteiger partial charge in [0.15, 0.2) is 0 Å². The molecular weight excluding hydrogens is 144 g/mol. The molecule has 1 N–H and O–H groups in total. The van der Waals surface area contributed by atoms with Gasteiger partial charge in [0, 0.05) is 12.6 Å². The number of carbonyl (C=O) groups is 1. The molecule has 0 radical (unpaired) electrons. The molecule has 0 bridgehead atoms. The molecule has 2 atom stereocenters. The van der Waals surface area contributed by atoms with Gasteiger partial charge in [0.05, 0.1) is 19.3 Å². The lowest BCUT2D eigenvalue weighted by Gasteiger charge is -2.11. The summed E-state index contributed by atoms with van der Waals surface area (Å²) < 4.78 is 5.03. The van der Waals surface area contributed by atoms with Crippen LogP contribution in [0.25, 0.3) is 0 Å². The van der Waals surface area contributed by atoms with Crippen molar-refractivity contribution >= 4 is 6.03 Å². The highest BCUT2D eigenvalue weighted by atomic mass is 16.6. The van der Waals surface area contributed by atoms with Crippen molar-refractivity contribution in [3.8, 4) is 0 Å². The summed E-state index contributed by atoms with van der Waals surface area (Å²) in [6, 6.07) is 0.342. The number of rotatable bonds is 2. The molecule has 62 valence electrons. The van der Waals surface area contributed by atoms with Crippen LogP contribution in [-0.4, -0.2) is 42.8 Å². The number of nitrogens with zero attached hydrogens (tertiary/aromatic N) is 1. The van der Waals surface area contributed by atoms with Crippen molar-refractivity contribution < 1.29 is 9.53 Å². The maximum atomic E-state index is 11.1. The number of amides is 2. The van der Waals surface area contributed by atoms with E-state index in [9.17, 15) is 4.79 Å². The molecule has 2 aliphatic heterocycles. The van der Waals surface area contributed by atoms with Crippen LogP contribution < -0.4 is 5.32 Å². The van der Waals surface area contributed by atoms with Gasteiger partial charge in [0.2, 0.25) is 0 Å². The summed E-state index contributed by atoms with van der Waals surface area (Å²) in [6.07, 6.45) is 0.311. The molecule has 0 spiro atoms. The first kappa shape index (κ1) is 6.91. The molecule has 2 fully saturated rings. The lowest BCUT2D eigenvalue weighted by molar-refractivity contribution is 0.212. The molecule has 2 saturated heterocycles. The van der Waals surface area contributed by atoms with E-state index in [2.05, 4.69) is 5.32 Å². The Labute approximate surface area is 65.5 Å². The molecule has 2 rings (SSSR count). The Balaban J connectivity index is 1.87. The maximum Gasteiger partial charge on any atom is 0.317 e. The molecule has 11 heavy (non-hydrogen) atoms. The fourth-order valence-corrected chi connectivity index (χ4v) is 1.34. The molecule has 0 saturated carbocycles. The van der Waals surface area contributed by atoms with E-state index >= 15 is 0 Å². The number of carbonyl (C=O) groups excluding carboxylic acids is 1. The second kappa shape index (κ2) is 2.37. The molecule has 0 aromatic carbocycles. The fraction of sp³-hybridized carbons (Fsp3) is 0.857. The highest BCUT2D eigenvalue weighted by molar-refractivity contribution is 5.76. The molecule has 0 aromatic heterocycles. The average Bonchev–Trinajstić information content (AvgIpc) is 2.64. The number of hydrogen-bond acceptors (Lipinski definition) is 2. The van der Waals surface area contributed by atoms with E-state index < -0.39 is 0 Å². The third-order valence-electron chi connectivity index (χ3n) is 1.98. The number of epoxide rings is 1. The first-order valence-electron chi connectivity index (χ1n) is 3.93. The van der Waals surface area contributed by atoms with Gasteiger partial charge in [-0.25, -0.2) is 4.79 Å². The smallest absolute Gasteiger partial charge is 0.317 e. The van der Waals surface area contributed by atoms with Crippen LogP contribution in [0.5, 0.6) is 0 Å². The minimum absolute atomic E-state index is 0.0491. The van der Waals surface area contributed by atoms with Crippen LogP contribution in [0.1, 0.15) is 6.92 Å². The van der Waals surface area contributed by atoms with Crippen molar-refractivity contribution in [1.82, 2.24) is 10.2 Å².